The molecule has 0 aliphatic carbocycles. The topological polar surface area (TPSA) is 114 Å². The monoisotopic (exact) mass is 623 g/mol. The molecule has 4 aromatic carbocycles. The second-order valence-electron chi connectivity index (χ2n) is 9.62. The van der Waals surface area contributed by atoms with E-state index in [-0.39, 0.29) is 36.0 Å². The molecule has 0 aliphatic rings. The lowest BCUT2D eigenvalue weighted by molar-refractivity contribution is -0.143. The quantitative estimate of drug-likeness (QED) is 0.197. The van der Waals surface area contributed by atoms with Crippen LogP contribution in [0.15, 0.2) is 108 Å². The van der Waals surface area contributed by atoms with Gasteiger partial charge in [-0.15, -0.1) is 0 Å². The van der Waals surface area contributed by atoms with E-state index in [1.165, 1.54) is 72.7 Å². The number of nitrogens with zero attached hydrogens (tertiary/aromatic N) is 1. The van der Waals surface area contributed by atoms with E-state index >= 15 is 0 Å². The molecule has 4 rings (SSSR count). The van der Waals surface area contributed by atoms with Gasteiger partial charge in [-0.1, -0.05) is 42.5 Å². The van der Waals surface area contributed by atoms with E-state index in [1.807, 2.05) is 0 Å². The Hall–Kier alpha value is -4.81. The molecule has 0 radical (unpaired) electrons. The van der Waals surface area contributed by atoms with Crippen LogP contribution in [0.25, 0.3) is 0 Å². The fourth-order valence-electron chi connectivity index (χ4n) is 4.27. The molecule has 1 unspecified atom stereocenters. The van der Waals surface area contributed by atoms with Crippen molar-refractivity contribution in [1.82, 2.24) is 10.2 Å². The average molecular weight is 624 g/mol. The molecule has 0 heterocycles. The standard InChI is InChI=1S/C32H31F2N3O6S/c1-42-20-19-35-32(39)31(24-5-3-2-4-6-24)37(21-23-7-9-25(33)10-8-23)30(38)22-43-28-15-17-29(18-16-28)44(40,41)36-27-13-11-26(34)12-14-27/h2-18,31,36H,19-22H2,1H3,(H,35,39). The van der Waals surface area contributed by atoms with Crippen LogP contribution in [0.3, 0.4) is 0 Å². The van der Waals surface area contributed by atoms with Crippen molar-refractivity contribution in [2.45, 2.75) is 17.5 Å². The number of methoxy groups -OCH3 is 1. The number of hydrogen-bond acceptors (Lipinski definition) is 6. The van der Waals surface area contributed by atoms with Crippen LogP contribution in [0.1, 0.15) is 17.2 Å². The van der Waals surface area contributed by atoms with E-state index in [4.69, 9.17) is 9.47 Å². The van der Waals surface area contributed by atoms with Gasteiger partial charge in [-0.2, -0.15) is 0 Å². The molecule has 230 valence electrons. The molecule has 0 saturated heterocycles. The maximum absolute atomic E-state index is 13.7. The Balaban J connectivity index is 1.53. The minimum Gasteiger partial charge on any atom is -0.484 e. The maximum Gasteiger partial charge on any atom is 0.261 e. The summed E-state index contributed by atoms with van der Waals surface area (Å²) in [6.07, 6.45) is 0. The Labute approximate surface area is 254 Å². The van der Waals surface area contributed by atoms with Crippen molar-refractivity contribution in [2.24, 2.45) is 0 Å². The lowest BCUT2D eigenvalue weighted by Gasteiger charge is -2.31. The first kappa shape index (κ1) is 32.1. The van der Waals surface area contributed by atoms with E-state index in [0.717, 1.165) is 12.1 Å². The van der Waals surface area contributed by atoms with Gasteiger partial charge in [0.05, 0.1) is 11.5 Å². The minimum absolute atomic E-state index is 0.0219. The zero-order chi connectivity index (χ0) is 31.5. The highest BCUT2D eigenvalue weighted by Gasteiger charge is 2.31. The number of anilines is 1. The van der Waals surface area contributed by atoms with Crippen molar-refractivity contribution in [1.29, 1.82) is 0 Å². The van der Waals surface area contributed by atoms with E-state index in [0.29, 0.717) is 11.1 Å². The zero-order valence-corrected chi connectivity index (χ0v) is 24.6. The van der Waals surface area contributed by atoms with Crippen LogP contribution < -0.4 is 14.8 Å². The third-order valence-electron chi connectivity index (χ3n) is 6.46. The first-order valence-electron chi connectivity index (χ1n) is 13.5. The number of benzene rings is 4. The van der Waals surface area contributed by atoms with E-state index < -0.39 is 46.1 Å². The third-order valence-corrected chi connectivity index (χ3v) is 7.86. The van der Waals surface area contributed by atoms with Crippen molar-refractivity contribution < 1.29 is 36.3 Å². The summed E-state index contributed by atoms with van der Waals surface area (Å²) in [5.74, 6) is -1.71. The number of hydrogen-bond donors (Lipinski definition) is 2. The Morgan fingerprint density at radius 3 is 2.07 bits per heavy atom. The Morgan fingerprint density at radius 2 is 1.45 bits per heavy atom. The Morgan fingerprint density at radius 1 is 0.841 bits per heavy atom. The largest absolute Gasteiger partial charge is 0.484 e. The molecule has 2 amide bonds. The van der Waals surface area contributed by atoms with Gasteiger partial charge in [0.25, 0.3) is 15.9 Å². The number of halogens is 2. The van der Waals surface area contributed by atoms with Crippen molar-refractivity contribution >= 4 is 27.5 Å². The molecule has 0 saturated carbocycles. The van der Waals surface area contributed by atoms with Gasteiger partial charge in [-0.3, -0.25) is 14.3 Å². The number of nitrogens with one attached hydrogen (secondary N) is 2. The number of sulfonamides is 1. The molecule has 0 aliphatic heterocycles. The summed E-state index contributed by atoms with van der Waals surface area (Å²) < 4.78 is 65.4. The first-order valence-corrected chi connectivity index (χ1v) is 15.0. The lowest BCUT2D eigenvalue weighted by atomic mass is 10.0. The number of carbonyl (C=O) groups excluding carboxylic acids is 2. The molecule has 9 nitrogen and oxygen atoms in total. The molecule has 0 fully saturated rings. The van der Waals surface area contributed by atoms with Crippen molar-refractivity contribution in [2.75, 3.05) is 31.6 Å². The van der Waals surface area contributed by atoms with E-state index in [9.17, 15) is 26.8 Å². The highest BCUT2D eigenvalue weighted by Crippen LogP contribution is 2.25. The lowest BCUT2D eigenvalue weighted by Crippen LogP contribution is -2.45. The number of ether oxygens (including phenoxy) is 2. The van der Waals surface area contributed by atoms with Gasteiger partial charge in [0.2, 0.25) is 5.91 Å². The van der Waals surface area contributed by atoms with Gasteiger partial charge in [-0.05, 0) is 71.8 Å². The van der Waals surface area contributed by atoms with Crippen LogP contribution in [0.4, 0.5) is 14.5 Å². The molecule has 0 spiro atoms. The van der Waals surface area contributed by atoms with Crippen molar-refractivity contribution in [3.63, 3.8) is 0 Å². The Kier molecular flexibility index (Phi) is 11.0. The SMILES string of the molecule is COCCNC(=O)C(c1ccccc1)N(Cc1ccc(F)cc1)C(=O)COc1ccc(S(=O)(=O)Nc2ccc(F)cc2)cc1. The summed E-state index contributed by atoms with van der Waals surface area (Å²) in [5.41, 5.74) is 1.34. The van der Waals surface area contributed by atoms with Crippen LogP contribution in [0, 0.1) is 11.6 Å². The molecular formula is C32H31F2N3O6S. The smallest absolute Gasteiger partial charge is 0.261 e. The zero-order valence-electron chi connectivity index (χ0n) is 23.8. The van der Waals surface area contributed by atoms with Gasteiger partial charge in [0.15, 0.2) is 6.61 Å². The summed E-state index contributed by atoms with van der Waals surface area (Å²) in [6.45, 7) is -0.00576. The number of carbonyl (C=O) groups is 2. The second kappa shape index (κ2) is 15.1. The molecule has 0 bridgehead atoms. The van der Waals surface area contributed by atoms with E-state index in [1.54, 1.807) is 30.3 Å². The van der Waals surface area contributed by atoms with Gasteiger partial charge in [-0.25, -0.2) is 17.2 Å². The molecular weight excluding hydrogens is 592 g/mol. The van der Waals surface area contributed by atoms with Crippen molar-refractivity contribution in [3.8, 4) is 5.75 Å². The first-order chi connectivity index (χ1) is 21.2. The average Bonchev–Trinajstić information content (AvgIpc) is 3.02. The molecule has 44 heavy (non-hydrogen) atoms. The molecule has 2 N–H and O–H groups in total. The predicted octanol–water partition coefficient (Wildman–Crippen LogP) is 4.68. The summed E-state index contributed by atoms with van der Waals surface area (Å²) in [6, 6.07) is 23.6. The van der Waals surface area contributed by atoms with Gasteiger partial charge >= 0.3 is 0 Å². The second-order valence-corrected chi connectivity index (χ2v) is 11.3. The van der Waals surface area contributed by atoms with Crippen LogP contribution in [-0.2, 0) is 30.9 Å². The number of rotatable bonds is 14. The normalized spacial score (nSPS) is 11.8. The van der Waals surface area contributed by atoms with Gasteiger partial charge in [0.1, 0.15) is 23.4 Å². The molecule has 4 aromatic rings. The van der Waals surface area contributed by atoms with E-state index in [2.05, 4.69) is 10.0 Å². The highest BCUT2D eigenvalue weighted by molar-refractivity contribution is 7.92. The molecule has 12 heteroatoms. The van der Waals surface area contributed by atoms with Crippen LogP contribution in [0.2, 0.25) is 0 Å². The summed E-state index contributed by atoms with van der Waals surface area (Å²) in [4.78, 5) is 28.4. The Bertz CT molecular complexity index is 1640. The van der Waals surface area contributed by atoms with Crippen molar-refractivity contribution in [3.05, 3.63) is 126 Å². The summed E-state index contributed by atoms with van der Waals surface area (Å²) in [7, 11) is -2.46. The summed E-state index contributed by atoms with van der Waals surface area (Å²) >= 11 is 0. The van der Waals surface area contributed by atoms with Crippen LogP contribution in [-0.4, -0.2) is 52.0 Å². The molecule has 1 atom stereocenters. The summed E-state index contributed by atoms with van der Waals surface area (Å²) in [5, 5.41) is 2.79. The predicted molar refractivity (Wildman–Crippen MR) is 160 cm³/mol. The maximum atomic E-state index is 13.7. The minimum atomic E-state index is -3.97. The fraction of sp³-hybridized carbons (Fsp3) is 0.188. The van der Waals surface area contributed by atoms with Crippen LogP contribution in [0.5, 0.6) is 5.75 Å². The number of amides is 2. The van der Waals surface area contributed by atoms with Gasteiger partial charge < -0.3 is 19.7 Å². The molecule has 0 aromatic heterocycles. The fourth-order valence-corrected chi connectivity index (χ4v) is 5.32. The highest BCUT2D eigenvalue weighted by atomic mass is 32.2. The van der Waals surface area contributed by atoms with Gasteiger partial charge in [0, 0.05) is 25.9 Å². The van der Waals surface area contributed by atoms with Crippen LogP contribution >= 0.6 is 0 Å². The third kappa shape index (κ3) is 8.85.